The minimum absolute atomic E-state index is 0.273. The van der Waals surface area contributed by atoms with Gasteiger partial charge in [0.25, 0.3) is 0 Å². The van der Waals surface area contributed by atoms with Gasteiger partial charge in [-0.1, -0.05) is 0 Å². The molecule has 34 heavy (non-hydrogen) atoms. The molecular weight excluding hydrogens is 441 g/mol. The highest BCUT2D eigenvalue weighted by Crippen LogP contribution is 2.25. The minimum Gasteiger partial charge on any atom is -0.491 e. The fourth-order valence-electron chi connectivity index (χ4n) is 4.25. The maximum atomic E-state index is 14.7. The number of aromatic nitrogens is 6. The molecule has 1 saturated heterocycles. The third kappa shape index (κ3) is 4.33. The Balaban J connectivity index is 1.19. The molecule has 1 fully saturated rings. The predicted molar refractivity (Wildman–Crippen MR) is 126 cm³/mol. The van der Waals surface area contributed by atoms with Crippen LogP contribution in [0.1, 0.15) is 5.82 Å². The van der Waals surface area contributed by atoms with Crippen LogP contribution in [-0.2, 0) is 11.3 Å². The molecule has 12 heteroatoms. The van der Waals surface area contributed by atoms with Gasteiger partial charge in [-0.3, -0.25) is 4.90 Å². The number of halogens is 1. The summed E-state index contributed by atoms with van der Waals surface area (Å²) in [7, 11) is 1.60. The summed E-state index contributed by atoms with van der Waals surface area (Å²) in [4.78, 5) is 13.3. The topological polar surface area (TPSA) is 112 Å². The molecule has 0 spiro atoms. The molecule has 2 N–H and O–H groups in total. The van der Waals surface area contributed by atoms with Crippen LogP contribution in [0.15, 0.2) is 24.4 Å². The van der Waals surface area contributed by atoms with Gasteiger partial charge in [0.15, 0.2) is 11.3 Å². The van der Waals surface area contributed by atoms with Crippen molar-refractivity contribution in [3.8, 4) is 5.75 Å². The Morgan fingerprint density at radius 2 is 1.88 bits per heavy atom. The lowest BCUT2D eigenvalue weighted by Gasteiger charge is -2.36. The Morgan fingerprint density at radius 3 is 2.65 bits per heavy atom. The second kappa shape index (κ2) is 9.39. The predicted octanol–water partition coefficient (Wildman–Crippen LogP) is 1.35. The van der Waals surface area contributed by atoms with Gasteiger partial charge in [0.1, 0.15) is 24.0 Å². The van der Waals surface area contributed by atoms with Gasteiger partial charge in [-0.15, -0.1) is 5.10 Å². The van der Waals surface area contributed by atoms with E-state index >= 15 is 0 Å². The third-order valence-corrected chi connectivity index (χ3v) is 6.02. The monoisotopic (exact) mass is 469 g/mol. The Labute approximate surface area is 195 Å². The molecule has 0 atom stereocenters. The number of piperazine rings is 1. The van der Waals surface area contributed by atoms with E-state index in [1.54, 1.807) is 30.0 Å². The number of rotatable bonds is 8. The SMILES string of the molecule is COCCOc1ccc(N2CCN(CCn3ncc4c3nc(N)n3nc(C)nc43)CC2)c(F)c1. The Morgan fingerprint density at radius 1 is 1.06 bits per heavy atom. The van der Waals surface area contributed by atoms with Crippen molar-refractivity contribution in [2.75, 3.05) is 63.7 Å². The highest BCUT2D eigenvalue weighted by atomic mass is 19.1. The molecule has 0 aliphatic carbocycles. The van der Waals surface area contributed by atoms with Crippen molar-refractivity contribution in [3.63, 3.8) is 0 Å². The number of nitrogens with zero attached hydrogens (tertiary/aromatic N) is 8. The molecule has 11 nitrogen and oxygen atoms in total. The number of hydrogen-bond acceptors (Lipinski definition) is 9. The molecule has 1 aliphatic heterocycles. The number of anilines is 2. The zero-order valence-electron chi connectivity index (χ0n) is 19.3. The summed E-state index contributed by atoms with van der Waals surface area (Å²) < 4.78 is 28.5. The molecule has 0 unspecified atom stereocenters. The molecule has 0 bridgehead atoms. The van der Waals surface area contributed by atoms with E-state index in [-0.39, 0.29) is 11.8 Å². The van der Waals surface area contributed by atoms with Crippen LogP contribution in [0.25, 0.3) is 16.7 Å². The molecule has 5 rings (SSSR count). The van der Waals surface area contributed by atoms with Crippen molar-refractivity contribution < 1.29 is 13.9 Å². The standard InChI is InChI=1S/C22H28FN9O2/c1-15-26-21-17-14-25-31(20(17)27-22(24)32(21)28-15)10-7-29-5-8-30(9-6-29)19-4-3-16(13-18(19)23)34-12-11-33-2/h3-4,13-14H,5-12H2,1-2H3,(H2,24,27). The summed E-state index contributed by atoms with van der Waals surface area (Å²) >= 11 is 0. The second-order valence-electron chi connectivity index (χ2n) is 8.25. The highest BCUT2D eigenvalue weighted by molar-refractivity contribution is 5.89. The maximum Gasteiger partial charge on any atom is 0.225 e. The molecule has 1 aliphatic rings. The minimum atomic E-state index is -0.273. The summed E-state index contributed by atoms with van der Waals surface area (Å²) in [5, 5.41) is 9.60. The first-order valence-electron chi connectivity index (χ1n) is 11.3. The van der Waals surface area contributed by atoms with Gasteiger partial charge in [-0.2, -0.15) is 14.6 Å². The van der Waals surface area contributed by atoms with E-state index in [1.807, 2.05) is 11.6 Å². The first-order valence-corrected chi connectivity index (χ1v) is 11.3. The summed E-state index contributed by atoms with van der Waals surface area (Å²) in [6, 6.07) is 5.02. The number of benzene rings is 1. The van der Waals surface area contributed by atoms with E-state index in [0.29, 0.717) is 48.3 Å². The number of nitrogen functional groups attached to an aromatic ring is 1. The normalized spacial score (nSPS) is 15.0. The summed E-state index contributed by atoms with van der Waals surface area (Å²) in [6.07, 6.45) is 1.76. The van der Waals surface area contributed by atoms with Crippen molar-refractivity contribution in [2.24, 2.45) is 0 Å². The van der Waals surface area contributed by atoms with E-state index in [2.05, 4.69) is 30.0 Å². The first kappa shape index (κ1) is 22.3. The van der Waals surface area contributed by atoms with Gasteiger partial charge in [0.05, 0.1) is 30.4 Å². The second-order valence-corrected chi connectivity index (χ2v) is 8.25. The first-order chi connectivity index (χ1) is 16.5. The number of ether oxygens (including phenoxy) is 2. The number of nitrogens with two attached hydrogens (primary N) is 1. The molecule has 3 aromatic heterocycles. The van der Waals surface area contributed by atoms with Gasteiger partial charge in [0, 0.05) is 45.9 Å². The molecule has 0 amide bonds. The highest BCUT2D eigenvalue weighted by Gasteiger charge is 2.21. The lowest BCUT2D eigenvalue weighted by Crippen LogP contribution is -2.47. The molecular formula is C22H28FN9O2. The molecule has 4 aromatic rings. The largest absolute Gasteiger partial charge is 0.491 e. The van der Waals surface area contributed by atoms with Crippen LogP contribution >= 0.6 is 0 Å². The van der Waals surface area contributed by atoms with Crippen LogP contribution in [0.3, 0.4) is 0 Å². The van der Waals surface area contributed by atoms with Gasteiger partial charge in [-0.05, 0) is 19.1 Å². The number of fused-ring (bicyclic) bond motifs is 3. The lowest BCUT2D eigenvalue weighted by atomic mass is 10.2. The zero-order valence-corrected chi connectivity index (χ0v) is 19.3. The van der Waals surface area contributed by atoms with Crippen LogP contribution in [0, 0.1) is 12.7 Å². The van der Waals surface area contributed by atoms with Crippen LogP contribution < -0.4 is 15.4 Å². The fourth-order valence-corrected chi connectivity index (χ4v) is 4.25. The molecule has 180 valence electrons. The number of hydrogen-bond donors (Lipinski definition) is 1. The van der Waals surface area contributed by atoms with E-state index in [4.69, 9.17) is 15.2 Å². The van der Waals surface area contributed by atoms with Crippen LogP contribution in [0.5, 0.6) is 5.75 Å². The van der Waals surface area contributed by atoms with Crippen LogP contribution in [0.4, 0.5) is 16.0 Å². The average molecular weight is 470 g/mol. The van der Waals surface area contributed by atoms with Crippen molar-refractivity contribution in [1.82, 2.24) is 34.3 Å². The van der Waals surface area contributed by atoms with E-state index < -0.39 is 0 Å². The van der Waals surface area contributed by atoms with Crippen molar-refractivity contribution in [1.29, 1.82) is 0 Å². The lowest BCUT2D eigenvalue weighted by molar-refractivity contribution is 0.146. The smallest absolute Gasteiger partial charge is 0.225 e. The van der Waals surface area contributed by atoms with Crippen molar-refractivity contribution in [3.05, 3.63) is 36.0 Å². The maximum absolute atomic E-state index is 14.7. The van der Waals surface area contributed by atoms with Crippen molar-refractivity contribution >= 4 is 28.3 Å². The summed E-state index contributed by atoms with van der Waals surface area (Å²) in [6.45, 7) is 7.29. The third-order valence-electron chi connectivity index (χ3n) is 6.02. The Kier molecular flexibility index (Phi) is 6.16. The molecule has 4 heterocycles. The number of methoxy groups -OCH3 is 1. The van der Waals surface area contributed by atoms with E-state index in [9.17, 15) is 4.39 Å². The quantitative estimate of drug-likeness (QED) is 0.382. The molecule has 1 aromatic carbocycles. The molecule has 0 radical (unpaired) electrons. The van der Waals surface area contributed by atoms with Crippen LogP contribution in [-0.4, -0.2) is 87.3 Å². The Hall–Kier alpha value is -3.51. The molecule has 0 saturated carbocycles. The van der Waals surface area contributed by atoms with Gasteiger partial charge >= 0.3 is 0 Å². The van der Waals surface area contributed by atoms with Gasteiger partial charge in [0.2, 0.25) is 5.95 Å². The van der Waals surface area contributed by atoms with E-state index in [0.717, 1.165) is 38.1 Å². The summed E-state index contributed by atoms with van der Waals surface area (Å²) in [5.41, 5.74) is 8.04. The zero-order chi connectivity index (χ0) is 23.7. The van der Waals surface area contributed by atoms with Crippen LogP contribution in [0.2, 0.25) is 0 Å². The van der Waals surface area contributed by atoms with Crippen molar-refractivity contribution in [2.45, 2.75) is 13.5 Å². The number of aryl methyl sites for hydroxylation is 1. The van der Waals surface area contributed by atoms with Gasteiger partial charge in [-0.25, -0.2) is 14.1 Å². The van der Waals surface area contributed by atoms with Gasteiger partial charge < -0.3 is 20.1 Å². The summed E-state index contributed by atoms with van der Waals surface area (Å²) in [5.74, 6) is 1.16. The van der Waals surface area contributed by atoms with E-state index in [1.165, 1.54) is 6.07 Å². The average Bonchev–Trinajstić information content (AvgIpc) is 3.42. The Bertz CT molecular complexity index is 1300. The fraction of sp³-hybridized carbons (Fsp3) is 0.455.